The maximum atomic E-state index is 13.4. The van der Waals surface area contributed by atoms with Gasteiger partial charge in [0.15, 0.2) is 0 Å². The highest BCUT2D eigenvalue weighted by atomic mass is 32.2. The van der Waals surface area contributed by atoms with Gasteiger partial charge in [0.05, 0.1) is 30.0 Å². The summed E-state index contributed by atoms with van der Waals surface area (Å²) in [6, 6.07) is 24.3. The lowest BCUT2D eigenvalue weighted by molar-refractivity contribution is -0.123. The number of carbonyl (C=O) groups is 2. The van der Waals surface area contributed by atoms with E-state index >= 15 is 0 Å². The Morgan fingerprint density at radius 1 is 0.973 bits per heavy atom. The smallest absolute Gasteiger partial charge is 0.258 e. The molecule has 0 bridgehead atoms. The van der Waals surface area contributed by atoms with Crippen molar-refractivity contribution in [3.63, 3.8) is 0 Å². The third-order valence-corrected chi connectivity index (χ3v) is 6.83. The van der Waals surface area contributed by atoms with Crippen LogP contribution < -0.4 is 26.2 Å². The second-order valence-electron chi connectivity index (χ2n) is 8.21. The molecule has 10 heteroatoms. The minimum atomic E-state index is -1.00. The fraction of sp³-hybridized carbons (Fsp3) is 0.111. The molecular weight excluding hydrogens is 490 g/mol. The van der Waals surface area contributed by atoms with Gasteiger partial charge in [0.2, 0.25) is 17.8 Å². The molecule has 2 amide bonds. The number of aromatic nitrogens is 2. The average Bonchev–Trinajstić information content (AvgIpc) is 2.90. The van der Waals surface area contributed by atoms with Crippen molar-refractivity contribution in [2.75, 3.05) is 23.1 Å². The van der Waals surface area contributed by atoms with Crippen molar-refractivity contribution < 1.29 is 14.3 Å². The molecule has 186 valence electrons. The molecule has 37 heavy (non-hydrogen) atoms. The lowest BCUT2D eigenvalue weighted by Crippen LogP contribution is -2.36. The molecule has 4 aromatic rings. The molecule has 4 N–H and O–H groups in total. The molecule has 3 aromatic carbocycles. The van der Waals surface area contributed by atoms with Crippen LogP contribution in [0.4, 0.5) is 23.1 Å². The first kappa shape index (κ1) is 24.1. The molecule has 1 atom stereocenters. The van der Waals surface area contributed by atoms with Gasteiger partial charge < -0.3 is 20.7 Å². The predicted octanol–water partition coefficient (Wildman–Crippen LogP) is 4.74. The molecule has 1 aliphatic heterocycles. The largest absolute Gasteiger partial charge is 0.495 e. The fourth-order valence-electron chi connectivity index (χ4n) is 4.02. The van der Waals surface area contributed by atoms with E-state index in [2.05, 4.69) is 25.9 Å². The van der Waals surface area contributed by atoms with Gasteiger partial charge in [0.1, 0.15) is 11.6 Å². The van der Waals surface area contributed by atoms with Crippen molar-refractivity contribution in [1.82, 2.24) is 9.97 Å². The molecule has 0 spiro atoms. The Labute approximate surface area is 216 Å². The molecule has 0 saturated carbocycles. The van der Waals surface area contributed by atoms with Crippen molar-refractivity contribution in [2.24, 2.45) is 0 Å². The van der Waals surface area contributed by atoms with Gasteiger partial charge in [-0.05, 0) is 36.4 Å². The van der Waals surface area contributed by atoms with Crippen LogP contribution >= 0.6 is 11.8 Å². The Kier molecular flexibility index (Phi) is 6.91. The van der Waals surface area contributed by atoms with Crippen LogP contribution in [-0.2, 0) is 9.59 Å². The molecule has 2 heterocycles. The Bertz CT molecular complexity index is 1520. The molecule has 1 unspecified atom stereocenters. The first-order chi connectivity index (χ1) is 18.0. The number of rotatable bonds is 7. The predicted molar refractivity (Wildman–Crippen MR) is 143 cm³/mol. The number of fused-ring (bicyclic) bond motifs is 1. The SMILES string of the molecule is COc1ccccc1Nc1nc2c(c(=O)[nH]1)C(C(=O)Nc1ccccc1Sc1ccccc1)CC(=O)N2. The number of amides is 2. The van der Waals surface area contributed by atoms with E-state index in [1.165, 1.54) is 18.9 Å². The van der Waals surface area contributed by atoms with Gasteiger partial charge in [-0.2, -0.15) is 4.98 Å². The summed E-state index contributed by atoms with van der Waals surface area (Å²) in [5.74, 6) is -1.16. The van der Waals surface area contributed by atoms with Gasteiger partial charge in [0, 0.05) is 16.2 Å². The molecule has 1 aliphatic rings. The van der Waals surface area contributed by atoms with Gasteiger partial charge in [0.25, 0.3) is 5.56 Å². The Balaban J connectivity index is 1.42. The number of anilines is 4. The monoisotopic (exact) mass is 513 g/mol. The van der Waals surface area contributed by atoms with E-state index < -0.39 is 23.3 Å². The molecule has 0 aliphatic carbocycles. The number of para-hydroxylation sites is 3. The highest BCUT2D eigenvalue weighted by molar-refractivity contribution is 7.99. The number of aromatic amines is 1. The molecule has 0 radical (unpaired) electrons. The molecular formula is C27H23N5O4S. The van der Waals surface area contributed by atoms with Crippen LogP contribution in [0.2, 0.25) is 0 Å². The second-order valence-corrected chi connectivity index (χ2v) is 9.32. The standard InChI is InChI=1S/C27H23N5O4S/c1-36-20-13-7-5-11-18(20)29-27-31-24-23(26(35)32-27)17(15-22(33)30-24)25(34)28-19-12-6-8-14-21(19)37-16-9-3-2-4-10-16/h2-14,17H,15H2,1H3,(H,28,34)(H3,29,30,31,32,33,35). The first-order valence-electron chi connectivity index (χ1n) is 11.5. The number of ether oxygens (including phenoxy) is 1. The van der Waals surface area contributed by atoms with Crippen LogP contribution in [0.1, 0.15) is 17.9 Å². The van der Waals surface area contributed by atoms with Crippen LogP contribution in [-0.4, -0.2) is 28.9 Å². The number of H-pyrrole nitrogens is 1. The van der Waals surface area contributed by atoms with E-state index in [1.54, 1.807) is 24.3 Å². The first-order valence-corrected chi connectivity index (χ1v) is 12.3. The summed E-state index contributed by atoms with van der Waals surface area (Å²) in [5.41, 5.74) is 0.759. The fourth-order valence-corrected chi connectivity index (χ4v) is 4.95. The third-order valence-electron chi connectivity index (χ3n) is 5.74. The third kappa shape index (κ3) is 5.34. The van der Waals surface area contributed by atoms with E-state index in [-0.39, 0.29) is 23.8 Å². The summed E-state index contributed by atoms with van der Waals surface area (Å²) in [5, 5.41) is 8.53. The van der Waals surface area contributed by atoms with Crippen LogP contribution in [0, 0.1) is 0 Å². The van der Waals surface area contributed by atoms with Crippen molar-refractivity contribution in [2.45, 2.75) is 22.1 Å². The number of hydrogen-bond acceptors (Lipinski definition) is 7. The number of hydrogen-bond donors (Lipinski definition) is 4. The van der Waals surface area contributed by atoms with Crippen molar-refractivity contribution >= 4 is 46.7 Å². The van der Waals surface area contributed by atoms with E-state index in [9.17, 15) is 14.4 Å². The van der Waals surface area contributed by atoms with E-state index in [4.69, 9.17) is 4.74 Å². The van der Waals surface area contributed by atoms with Crippen molar-refractivity contribution in [1.29, 1.82) is 0 Å². The molecule has 0 fully saturated rings. The topological polar surface area (TPSA) is 125 Å². The number of nitrogens with one attached hydrogen (secondary N) is 4. The number of nitrogens with zero attached hydrogens (tertiary/aromatic N) is 1. The Morgan fingerprint density at radius 2 is 1.68 bits per heavy atom. The zero-order chi connectivity index (χ0) is 25.8. The zero-order valence-corrected chi connectivity index (χ0v) is 20.6. The van der Waals surface area contributed by atoms with E-state index in [0.29, 0.717) is 17.1 Å². The van der Waals surface area contributed by atoms with Crippen molar-refractivity contribution in [3.05, 3.63) is 94.8 Å². The van der Waals surface area contributed by atoms with E-state index in [1.807, 2.05) is 54.6 Å². The van der Waals surface area contributed by atoms with Crippen LogP contribution in [0.15, 0.2) is 93.4 Å². The van der Waals surface area contributed by atoms with Crippen LogP contribution in [0.3, 0.4) is 0 Å². The summed E-state index contributed by atoms with van der Waals surface area (Å²) < 4.78 is 5.32. The highest BCUT2D eigenvalue weighted by Gasteiger charge is 2.35. The van der Waals surface area contributed by atoms with Crippen molar-refractivity contribution in [3.8, 4) is 5.75 Å². The minimum Gasteiger partial charge on any atom is -0.495 e. The maximum absolute atomic E-state index is 13.4. The van der Waals surface area contributed by atoms with E-state index in [0.717, 1.165) is 9.79 Å². The summed E-state index contributed by atoms with van der Waals surface area (Å²) in [6.07, 6.45) is -0.170. The Morgan fingerprint density at radius 3 is 2.46 bits per heavy atom. The average molecular weight is 514 g/mol. The van der Waals surface area contributed by atoms with Gasteiger partial charge in [-0.15, -0.1) is 0 Å². The molecule has 9 nitrogen and oxygen atoms in total. The molecule has 1 aromatic heterocycles. The normalized spacial score (nSPS) is 14.3. The van der Waals surface area contributed by atoms with Gasteiger partial charge in [-0.25, -0.2) is 0 Å². The molecule has 5 rings (SSSR count). The van der Waals surface area contributed by atoms with Gasteiger partial charge >= 0.3 is 0 Å². The summed E-state index contributed by atoms with van der Waals surface area (Å²) >= 11 is 1.51. The summed E-state index contributed by atoms with van der Waals surface area (Å²) in [4.78, 5) is 47.9. The van der Waals surface area contributed by atoms with Crippen LogP contribution in [0.5, 0.6) is 5.75 Å². The number of methoxy groups -OCH3 is 1. The number of benzene rings is 3. The quantitative estimate of drug-likeness (QED) is 0.281. The second kappa shape index (κ2) is 10.6. The summed E-state index contributed by atoms with van der Waals surface area (Å²) in [7, 11) is 1.53. The maximum Gasteiger partial charge on any atom is 0.258 e. The Hall–Kier alpha value is -4.57. The zero-order valence-electron chi connectivity index (χ0n) is 19.8. The summed E-state index contributed by atoms with van der Waals surface area (Å²) in [6.45, 7) is 0. The van der Waals surface area contributed by atoms with Gasteiger partial charge in [-0.1, -0.05) is 54.2 Å². The molecule has 0 saturated heterocycles. The number of carbonyl (C=O) groups excluding carboxylic acids is 2. The lowest BCUT2D eigenvalue weighted by atomic mass is 9.92. The highest BCUT2D eigenvalue weighted by Crippen LogP contribution is 2.35. The van der Waals surface area contributed by atoms with Gasteiger partial charge in [-0.3, -0.25) is 19.4 Å². The van der Waals surface area contributed by atoms with Crippen LogP contribution in [0.25, 0.3) is 0 Å². The minimum absolute atomic E-state index is 0.0458. The lowest BCUT2D eigenvalue weighted by Gasteiger charge is -2.24.